The van der Waals surface area contributed by atoms with E-state index in [-0.39, 0.29) is 6.61 Å². The largest absolute Gasteiger partial charge is 0.480 e. The fourth-order valence-electron chi connectivity index (χ4n) is 1.22. The maximum absolute atomic E-state index is 11.9. The van der Waals surface area contributed by atoms with Gasteiger partial charge in [-0.05, 0) is 0 Å². The van der Waals surface area contributed by atoms with Gasteiger partial charge in [-0.2, -0.15) is 0 Å². The SMILES string of the molecule is COCC(NC(=O)N(CC(=O)OC)CC(=O)OC)C(=O)O. The Morgan fingerprint density at radius 3 is 1.86 bits per heavy atom. The number of hydrogen-bond acceptors (Lipinski definition) is 7. The molecule has 10 nitrogen and oxygen atoms in total. The van der Waals surface area contributed by atoms with Gasteiger partial charge < -0.3 is 29.5 Å². The number of carboxylic acid groups (broad SMARTS) is 1. The normalized spacial score (nSPS) is 11.2. The highest BCUT2D eigenvalue weighted by Gasteiger charge is 2.26. The topological polar surface area (TPSA) is 131 Å². The molecule has 0 aliphatic carbocycles. The molecule has 0 aromatic rings. The number of aliphatic carboxylic acids is 1. The second-order valence-electron chi connectivity index (χ2n) is 3.80. The predicted molar refractivity (Wildman–Crippen MR) is 67.4 cm³/mol. The third-order valence-corrected chi connectivity index (χ3v) is 2.31. The molecule has 120 valence electrons. The minimum absolute atomic E-state index is 0.272. The van der Waals surface area contributed by atoms with Crippen molar-refractivity contribution >= 4 is 23.9 Å². The van der Waals surface area contributed by atoms with E-state index >= 15 is 0 Å². The van der Waals surface area contributed by atoms with Gasteiger partial charge in [-0.1, -0.05) is 0 Å². The summed E-state index contributed by atoms with van der Waals surface area (Å²) in [6.45, 7) is -1.33. The van der Waals surface area contributed by atoms with Crippen LogP contribution in [0.5, 0.6) is 0 Å². The van der Waals surface area contributed by atoms with E-state index in [9.17, 15) is 19.2 Å². The van der Waals surface area contributed by atoms with Crippen LogP contribution in [-0.4, -0.2) is 81.0 Å². The van der Waals surface area contributed by atoms with Crippen molar-refractivity contribution < 1.29 is 38.5 Å². The molecule has 1 atom stereocenters. The molecule has 0 heterocycles. The first-order valence-electron chi connectivity index (χ1n) is 5.76. The number of esters is 2. The van der Waals surface area contributed by atoms with Crippen LogP contribution >= 0.6 is 0 Å². The molecule has 2 N–H and O–H groups in total. The van der Waals surface area contributed by atoms with Crippen LogP contribution < -0.4 is 5.32 Å². The lowest BCUT2D eigenvalue weighted by atomic mass is 10.3. The maximum atomic E-state index is 11.9. The van der Waals surface area contributed by atoms with Crippen molar-refractivity contribution in [1.82, 2.24) is 10.2 Å². The summed E-state index contributed by atoms with van der Waals surface area (Å²) in [6.07, 6.45) is 0. The van der Waals surface area contributed by atoms with Crippen molar-refractivity contribution in [3.05, 3.63) is 0 Å². The van der Waals surface area contributed by atoms with Gasteiger partial charge in [0.2, 0.25) is 0 Å². The van der Waals surface area contributed by atoms with Crippen LogP contribution in [0.15, 0.2) is 0 Å². The summed E-state index contributed by atoms with van der Waals surface area (Å²) in [6, 6.07) is -2.25. The first-order chi connectivity index (χ1) is 9.85. The molecule has 0 radical (unpaired) electrons. The number of ether oxygens (including phenoxy) is 3. The minimum Gasteiger partial charge on any atom is -0.480 e. The standard InChI is InChI=1S/C11H18N2O8/c1-19-6-7(10(16)17)12-11(18)13(4-8(14)20-2)5-9(15)21-3/h7H,4-6H2,1-3H3,(H,12,18)(H,16,17). The van der Waals surface area contributed by atoms with Crippen LogP contribution in [0.25, 0.3) is 0 Å². The van der Waals surface area contributed by atoms with Crippen molar-refractivity contribution in [3.8, 4) is 0 Å². The lowest BCUT2D eigenvalue weighted by molar-refractivity contribution is -0.144. The number of nitrogens with one attached hydrogen (secondary N) is 1. The zero-order chi connectivity index (χ0) is 16.4. The predicted octanol–water partition coefficient (Wildman–Crippen LogP) is -1.56. The van der Waals surface area contributed by atoms with E-state index < -0.39 is 43.1 Å². The fraction of sp³-hybridized carbons (Fsp3) is 0.636. The van der Waals surface area contributed by atoms with Gasteiger partial charge in [-0.15, -0.1) is 0 Å². The van der Waals surface area contributed by atoms with Crippen LogP contribution in [-0.2, 0) is 28.6 Å². The summed E-state index contributed by atoms with van der Waals surface area (Å²) >= 11 is 0. The summed E-state index contributed by atoms with van der Waals surface area (Å²) in [5, 5.41) is 11.0. The molecule has 0 aromatic carbocycles. The van der Waals surface area contributed by atoms with E-state index in [1.54, 1.807) is 0 Å². The van der Waals surface area contributed by atoms with E-state index in [0.717, 1.165) is 19.1 Å². The van der Waals surface area contributed by atoms with Gasteiger partial charge in [0.05, 0.1) is 20.8 Å². The average Bonchev–Trinajstić information content (AvgIpc) is 2.45. The van der Waals surface area contributed by atoms with E-state index in [1.165, 1.54) is 7.11 Å². The molecule has 0 aliphatic heterocycles. The first-order valence-corrected chi connectivity index (χ1v) is 5.76. The van der Waals surface area contributed by atoms with Crippen molar-refractivity contribution in [2.24, 2.45) is 0 Å². The molecule has 0 fully saturated rings. The van der Waals surface area contributed by atoms with Gasteiger partial charge in [-0.3, -0.25) is 9.59 Å². The van der Waals surface area contributed by atoms with E-state index in [4.69, 9.17) is 5.11 Å². The molecule has 0 saturated heterocycles. The summed E-state index contributed by atoms with van der Waals surface area (Å²) < 4.78 is 13.4. The van der Waals surface area contributed by atoms with E-state index in [2.05, 4.69) is 19.5 Å². The lowest BCUT2D eigenvalue weighted by Gasteiger charge is -2.22. The third kappa shape index (κ3) is 7.11. The van der Waals surface area contributed by atoms with Crippen molar-refractivity contribution in [1.29, 1.82) is 0 Å². The van der Waals surface area contributed by atoms with Gasteiger partial charge in [0.15, 0.2) is 6.04 Å². The van der Waals surface area contributed by atoms with Crippen molar-refractivity contribution in [2.75, 3.05) is 41.0 Å². The van der Waals surface area contributed by atoms with Gasteiger partial charge in [0, 0.05) is 7.11 Å². The molecule has 0 aromatic heterocycles. The van der Waals surface area contributed by atoms with Crippen molar-refractivity contribution in [3.63, 3.8) is 0 Å². The Kier molecular flexibility index (Phi) is 8.46. The lowest BCUT2D eigenvalue weighted by Crippen LogP contribution is -2.52. The molecule has 0 bridgehead atoms. The monoisotopic (exact) mass is 306 g/mol. The number of urea groups is 1. The summed E-state index contributed by atoms with van der Waals surface area (Å²) in [5.41, 5.74) is 0. The quantitative estimate of drug-likeness (QED) is 0.515. The number of amides is 2. The molecule has 10 heteroatoms. The van der Waals surface area contributed by atoms with Gasteiger partial charge in [0.1, 0.15) is 13.1 Å². The van der Waals surface area contributed by atoms with Crippen molar-refractivity contribution in [2.45, 2.75) is 6.04 Å². The highest BCUT2D eigenvalue weighted by atomic mass is 16.5. The summed E-state index contributed by atoms with van der Waals surface area (Å²) in [7, 11) is 3.49. The molecule has 1 unspecified atom stereocenters. The van der Waals surface area contributed by atoms with E-state index in [0.29, 0.717) is 0 Å². The maximum Gasteiger partial charge on any atom is 0.328 e. The number of carbonyl (C=O) groups is 4. The number of carboxylic acids is 1. The highest BCUT2D eigenvalue weighted by molar-refractivity contribution is 5.87. The third-order valence-electron chi connectivity index (χ3n) is 2.31. The second kappa shape index (κ2) is 9.53. The fourth-order valence-corrected chi connectivity index (χ4v) is 1.22. The zero-order valence-corrected chi connectivity index (χ0v) is 12.0. The average molecular weight is 306 g/mol. The van der Waals surface area contributed by atoms with Crippen LogP contribution in [0, 0.1) is 0 Å². The Morgan fingerprint density at radius 2 is 1.52 bits per heavy atom. The van der Waals surface area contributed by atoms with Crippen LogP contribution in [0.2, 0.25) is 0 Å². The number of hydrogen-bond donors (Lipinski definition) is 2. The number of nitrogens with zero attached hydrogens (tertiary/aromatic N) is 1. The first kappa shape index (κ1) is 18.6. The molecular weight excluding hydrogens is 288 g/mol. The Morgan fingerprint density at radius 1 is 1.05 bits per heavy atom. The second-order valence-corrected chi connectivity index (χ2v) is 3.80. The van der Waals surface area contributed by atoms with Crippen LogP contribution in [0.4, 0.5) is 4.79 Å². The Balaban J connectivity index is 4.86. The van der Waals surface area contributed by atoms with Crippen LogP contribution in [0.3, 0.4) is 0 Å². The highest BCUT2D eigenvalue weighted by Crippen LogP contribution is 1.96. The Bertz CT molecular complexity index is 380. The molecule has 0 aliphatic rings. The van der Waals surface area contributed by atoms with Crippen LogP contribution in [0.1, 0.15) is 0 Å². The molecule has 0 rings (SSSR count). The Hall–Kier alpha value is -2.36. The number of rotatable bonds is 8. The molecule has 0 spiro atoms. The molecule has 0 saturated carbocycles. The Labute approximate surface area is 120 Å². The number of methoxy groups -OCH3 is 3. The smallest absolute Gasteiger partial charge is 0.328 e. The number of carbonyl (C=O) groups excluding carboxylic acids is 3. The zero-order valence-electron chi connectivity index (χ0n) is 12.0. The molecular formula is C11H18N2O8. The minimum atomic E-state index is -1.32. The summed E-state index contributed by atoms with van der Waals surface area (Å²) in [4.78, 5) is 46.0. The van der Waals surface area contributed by atoms with Gasteiger partial charge in [0.25, 0.3) is 0 Å². The summed E-state index contributed by atoms with van der Waals surface area (Å²) in [5.74, 6) is -2.86. The van der Waals surface area contributed by atoms with Gasteiger partial charge in [-0.25, -0.2) is 9.59 Å². The molecule has 21 heavy (non-hydrogen) atoms. The van der Waals surface area contributed by atoms with E-state index in [1.807, 2.05) is 0 Å². The van der Waals surface area contributed by atoms with Gasteiger partial charge >= 0.3 is 23.9 Å². The molecule has 2 amide bonds.